The highest BCUT2D eigenvalue weighted by atomic mass is 35.5. The Bertz CT molecular complexity index is 689. The Labute approximate surface area is 124 Å². The molecule has 2 aromatic carbocycles. The molecule has 0 heterocycles. The summed E-state index contributed by atoms with van der Waals surface area (Å²) in [5.41, 5.74) is 0.793. The zero-order valence-corrected chi connectivity index (χ0v) is 11.4. The lowest BCUT2D eigenvalue weighted by Gasteiger charge is -2.06. The van der Waals surface area contributed by atoms with Gasteiger partial charge in [0, 0.05) is 17.5 Å². The number of carbonyl (C=O) groups excluding carboxylic acids is 1. The van der Waals surface area contributed by atoms with Gasteiger partial charge in [0.2, 0.25) is 0 Å². The minimum Gasteiger partial charge on any atom is -0.322 e. The molecule has 0 aromatic heterocycles. The number of hydrogen-bond donors (Lipinski definition) is 1. The molecule has 0 atom stereocenters. The topological polar surface area (TPSA) is 72.2 Å². The van der Waals surface area contributed by atoms with E-state index in [2.05, 4.69) is 5.32 Å². The molecule has 0 saturated heterocycles. The Morgan fingerprint density at radius 3 is 2.48 bits per heavy atom. The highest BCUT2D eigenvalue weighted by Crippen LogP contribution is 2.20. The number of hydrogen-bond acceptors (Lipinski definition) is 3. The summed E-state index contributed by atoms with van der Waals surface area (Å²) in [6.45, 7) is 0. The summed E-state index contributed by atoms with van der Waals surface area (Å²) in [7, 11) is 0. The average Bonchev–Trinajstić information content (AvgIpc) is 2.46. The molecule has 5 nitrogen and oxygen atoms in total. The van der Waals surface area contributed by atoms with E-state index in [0.717, 1.165) is 23.8 Å². The predicted molar refractivity (Wildman–Crippen MR) is 77.0 cm³/mol. The Morgan fingerprint density at radius 1 is 1.24 bits per heavy atom. The van der Waals surface area contributed by atoms with Crippen molar-refractivity contribution < 1.29 is 14.1 Å². The summed E-state index contributed by atoms with van der Waals surface area (Å²) in [4.78, 5) is 21.9. The summed E-state index contributed by atoms with van der Waals surface area (Å²) >= 11 is 5.65. The number of anilines is 1. The van der Waals surface area contributed by atoms with Crippen molar-refractivity contribution in [3.05, 3.63) is 69.5 Å². The van der Waals surface area contributed by atoms with E-state index in [0.29, 0.717) is 11.4 Å². The molecule has 0 aliphatic rings. The van der Waals surface area contributed by atoms with Gasteiger partial charge in [0.25, 0.3) is 11.6 Å². The largest absolute Gasteiger partial charge is 0.322 e. The third-order valence-corrected chi connectivity index (χ3v) is 3.03. The number of nitro groups is 1. The number of halogens is 2. The van der Waals surface area contributed by atoms with Crippen molar-refractivity contribution >= 4 is 28.9 Å². The van der Waals surface area contributed by atoms with E-state index in [9.17, 15) is 19.3 Å². The number of rotatable bonds is 4. The second-order valence-electron chi connectivity index (χ2n) is 4.24. The van der Waals surface area contributed by atoms with E-state index >= 15 is 0 Å². The highest BCUT2D eigenvalue weighted by molar-refractivity contribution is 6.17. The van der Waals surface area contributed by atoms with Crippen molar-refractivity contribution in [2.24, 2.45) is 0 Å². The first-order chi connectivity index (χ1) is 9.99. The SMILES string of the molecule is O=C(Nc1cc(F)cc([N+](=O)[O-])c1)c1ccc(CCl)cc1. The molecule has 0 bridgehead atoms. The van der Waals surface area contributed by atoms with Gasteiger partial charge in [-0.25, -0.2) is 4.39 Å². The summed E-state index contributed by atoms with van der Waals surface area (Å²) in [5, 5.41) is 13.1. The molecular weight excluding hydrogens is 299 g/mol. The lowest BCUT2D eigenvalue weighted by molar-refractivity contribution is -0.385. The zero-order valence-electron chi connectivity index (χ0n) is 10.7. The minimum absolute atomic E-state index is 0.0214. The Kier molecular flexibility index (Phi) is 4.49. The normalized spacial score (nSPS) is 10.2. The van der Waals surface area contributed by atoms with Crippen LogP contribution in [0.2, 0.25) is 0 Å². The van der Waals surface area contributed by atoms with Crippen LogP contribution in [0.3, 0.4) is 0 Å². The molecule has 21 heavy (non-hydrogen) atoms. The van der Waals surface area contributed by atoms with Crippen LogP contribution in [0.15, 0.2) is 42.5 Å². The van der Waals surface area contributed by atoms with Gasteiger partial charge < -0.3 is 5.32 Å². The van der Waals surface area contributed by atoms with Crippen LogP contribution < -0.4 is 5.32 Å². The fourth-order valence-corrected chi connectivity index (χ4v) is 1.88. The third-order valence-electron chi connectivity index (χ3n) is 2.72. The van der Waals surface area contributed by atoms with Crippen molar-refractivity contribution in [3.63, 3.8) is 0 Å². The van der Waals surface area contributed by atoms with Gasteiger partial charge in [-0.1, -0.05) is 12.1 Å². The fraction of sp³-hybridized carbons (Fsp3) is 0.0714. The number of non-ortho nitro benzene ring substituents is 1. The van der Waals surface area contributed by atoms with Crippen LogP contribution in [0.4, 0.5) is 15.8 Å². The summed E-state index contributed by atoms with van der Waals surface area (Å²) in [6, 6.07) is 9.41. The monoisotopic (exact) mass is 308 g/mol. The van der Waals surface area contributed by atoms with Crippen LogP contribution in [0.25, 0.3) is 0 Å². The van der Waals surface area contributed by atoms with Gasteiger partial charge in [-0.15, -0.1) is 11.6 Å². The van der Waals surface area contributed by atoms with E-state index in [1.54, 1.807) is 24.3 Å². The zero-order chi connectivity index (χ0) is 15.4. The van der Waals surface area contributed by atoms with Crippen molar-refractivity contribution in [2.45, 2.75) is 5.88 Å². The van der Waals surface area contributed by atoms with Crippen molar-refractivity contribution in [1.29, 1.82) is 0 Å². The lowest BCUT2D eigenvalue weighted by Crippen LogP contribution is -2.12. The lowest BCUT2D eigenvalue weighted by atomic mass is 10.1. The molecule has 108 valence electrons. The quantitative estimate of drug-likeness (QED) is 0.531. The average molecular weight is 309 g/mol. The molecule has 0 spiro atoms. The number of amides is 1. The molecule has 0 radical (unpaired) electrons. The van der Waals surface area contributed by atoms with Crippen LogP contribution in [0.5, 0.6) is 0 Å². The summed E-state index contributed by atoms with van der Waals surface area (Å²) in [5.74, 6) is -0.953. The van der Waals surface area contributed by atoms with E-state index in [-0.39, 0.29) is 5.69 Å². The predicted octanol–water partition coefficient (Wildman–Crippen LogP) is 3.73. The summed E-state index contributed by atoms with van der Waals surface area (Å²) in [6.07, 6.45) is 0. The first kappa shape index (κ1) is 14.9. The maximum atomic E-state index is 13.3. The molecule has 0 saturated carbocycles. The van der Waals surface area contributed by atoms with Crippen molar-refractivity contribution in [2.75, 3.05) is 5.32 Å². The number of nitro benzene ring substituents is 1. The van der Waals surface area contributed by atoms with Gasteiger partial charge in [0.05, 0.1) is 16.7 Å². The molecule has 0 unspecified atom stereocenters. The molecule has 1 amide bonds. The first-order valence-corrected chi connectivity index (χ1v) is 6.44. The van der Waals surface area contributed by atoms with Gasteiger partial charge in [-0.2, -0.15) is 0 Å². The van der Waals surface area contributed by atoms with Gasteiger partial charge in [0.15, 0.2) is 0 Å². The van der Waals surface area contributed by atoms with Crippen LogP contribution in [-0.4, -0.2) is 10.8 Å². The van der Waals surface area contributed by atoms with Crippen molar-refractivity contribution in [1.82, 2.24) is 0 Å². The maximum Gasteiger partial charge on any atom is 0.274 e. The number of nitrogens with zero attached hydrogens (tertiary/aromatic N) is 1. The van der Waals surface area contributed by atoms with Gasteiger partial charge in [-0.05, 0) is 23.8 Å². The number of carbonyl (C=O) groups is 1. The van der Waals surface area contributed by atoms with Crippen molar-refractivity contribution in [3.8, 4) is 0 Å². The van der Waals surface area contributed by atoms with E-state index in [1.165, 1.54) is 0 Å². The van der Waals surface area contributed by atoms with Crippen LogP contribution in [-0.2, 0) is 5.88 Å². The fourth-order valence-electron chi connectivity index (χ4n) is 1.70. The third kappa shape index (κ3) is 3.76. The molecule has 0 aliphatic heterocycles. The van der Waals surface area contributed by atoms with E-state index in [1.807, 2.05) is 0 Å². The molecule has 2 rings (SSSR count). The number of benzene rings is 2. The highest BCUT2D eigenvalue weighted by Gasteiger charge is 2.12. The molecular formula is C14H10ClFN2O3. The summed E-state index contributed by atoms with van der Waals surface area (Å²) < 4.78 is 13.3. The smallest absolute Gasteiger partial charge is 0.274 e. The Hall–Kier alpha value is -2.47. The minimum atomic E-state index is -0.794. The molecule has 7 heteroatoms. The Balaban J connectivity index is 2.20. The second kappa shape index (κ2) is 6.32. The standard InChI is InChI=1S/C14H10ClFN2O3/c15-8-9-1-3-10(4-2-9)14(19)17-12-5-11(16)6-13(7-12)18(20)21/h1-7H,8H2,(H,17,19). The van der Waals surface area contributed by atoms with E-state index in [4.69, 9.17) is 11.6 Å². The van der Waals surface area contributed by atoms with Gasteiger partial charge >= 0.3 is 0 Å². The molecule has 1 N–H and O–H groups in total. The number of alkyl halides is 1. The maximum absolute atomic E-state index is 13.3. The molecule has 0 aliphatic carbocycles. The molecule has 0 fully saturated rings. The Morgan fingerprint density at radius 2 is 1.90 bits per heavy atom. The number of nitrogens with one attached hydrogen (secondary N) is 1. The van der Waals surface area contributed by atoms with Crippen LogP contribution in [0.1, 0.15) is 15.9 Å². The van der Waals surface area contributed by atoms with Gasteiger partial charge in [-0.3, -0.25) is 14.9 Å². The van der Waals surface area contributed by atoms with E-state index < -0.39 is 22.3 Å². The second-order valence-corrected chi connectivity index (χ2v) is 4.51. The first-order valence-electron chi connectivity index (χ1n) is 5.91. The van der Waals surface area contributed by atoms with Crippen LogP contribution >= 0.6 is 11.6 Å². The van der Waals surface area contributed by atoms with Gasteiger partial charge in [0.1, 0.15) is 5.82 Å². The van der Waals surface area contributed by atoms with Crippen LogP contribution in [0, 0.1) is 15.9 Å². The molecule has 2 aromatic rings.